The second-order valence-corrected chi connectivity index (χ2v) is 11.9. The fourth-order valence-corrected chi connectivity index (χ4v) is 5.68. The Balaban J connectivity index is 1.87. The van der Waals surface area contributed by atoms with Gasteiger partial charge in [-0.3, -0.25) is 13.9 Å². The summed E-state index contributed by atoms with van der Waals surface area (Å²) in [6.07, 6.45) is 1.97. The minimum atomic E-state index is -3.56. The lowest BCUT2D eigenvalue weighted by Crippen LogP contribution is -2.50. The molecule has 0 saturated carbocycles. The Bertz CT molecular complexity index is 1390. The van der Waals surface area contributed by atoms with Gasteiger partial charge in [0.2, 0.25) is 21.8 Å². The molecular weight excluding hydrogens is 510 g/mol. The first-order valence-electron chi connectivity index (χ1n) is 13.2. The summed E-state index contributed by atoms with van der Waals surface area (Å²) in [4.78, 5) is 28.5. The van der Waals surface area contributed by atoms with Gasteiger partial charge in [-0.15, -0.1) is 0 Å². The fourth-order valence-electron chi connectivity index (χ4n) is 4.66. The Morgan fingerprint density at radius 1 is 0.897 bits per heavy atom. The summed E-state index contributed by atoms with van der Waals surface area (Å²) in [7, 11) is -1.99. The minimum absolute atomic E-state index is 0.102. The van der Waals surface area contributed by atoms with Crippen LogP contribution in [0.15, 0.2) is 72.8 Å². The smallest absolute Gasteiger partial charge is 0.242 e. The Kier molecular flexibility index (Phi) is 10.3. The lowest BCUT2D eigenvalue weighted by Gasteiger charge is -2.32. The Morgan fingerprint density at radius 2 is 1.56 bits per heavy atom. The Hall–Kier alpha value is -3.65. The highest BCUT2D eigenvalue weighted by Gasteiger charge is 2.30. The summed E-state index contributed by atoms with van der Waals surface area (Å²) >= 11 is 0. The molecule has 208 valence electrons. The molecule has 0 aliphatic rings. The maximum Gasteiger partial charge on any atom is 0.242 e. The predicted molar refractivity (Wildman–Crippen MR) is 157 cm³/mol. The van der Waals surface area contributed by atoms with E-state index in [9.17, 15) is 18.0 Å². The van der Waals surface area contributed by atoms with E-state index >= 15 is 0 Å². The van der Waals surface area contributed by atoms with Crippen LogP contribution in [0.4, 0.5) is 5.69 Å². The zero-order valence-corrected chi connectivity index (χ0v) is 24.3. The van der Waals surface area contributed by atoms with Gasteiger partial charge < -0.3 is 10.2 Å². The summed E-state index contributed by atoms with van der Waals surface area (Å²) < 4.78 is 26.8. The largest absolute Gasteiger partial charge is 0.357 e. The number of anilines is 1. The van der Waals surface area contributed by atoms with Crippen molar-refractivity contribution < 1.29 is 18.0 Å². The molecule has 39 heavy (non-hydrogen) atoms. The number of carbonyl (C=O) groups excluding carboxylic acids is 2. The number of rotatable bonds is 12. The predicted octanol–water partition coefficient (Wildman–Crippen LogP) is 4.54. The molecule has 7 nitrogen and oxygen atoms in total. The molecule has 0 heterocycles. The van der Waals surface area contributed by atoms with Crippen LogP contribution >= 0.6 is 0 Å². The van der Waals surface area contributed by atoms with Crippen LogP contribution in [0, 0.1) is 20.8 Å². The molecule has 2 amide bonds. The molecule has 0 aliphatic heterocycles. The number of hydrogen-bond donors (Lipinski definition) is 1. The van der Waals surface area contributed by atoms with Crippen LogP contribution in [0.5, 0.6) is 0 Å². The van der Waals surface area contributed by atoms with Crippen LogP contribution in [-0.2, 0) is 32.6 Å². The lowest BCUT2D eigenvalue weighted by molar-refractivity contribution is -0.141. The van der Waals surface area contributed by atoms with E-state index in [2.05, 4.69) is 5.32 Å². The van der Waals surface area contributed by atoms with Crippen LogP contribution < -0.4 is 9.62 Å². The molecule has 1 N–H and O–H groups in total. The van der Waals surface area contributed by atoms with E-state index in [1.54, 1.807) is 11.9 Å². The van der Waals surface area contributed by atoms with E-state index in [1.807, 2.05) is 93.6 Å². The third-order valence-electron chi connectivity index (χ3n) is 6.90. The first-order chi connectivity index (χ1) is 18.5. The summed E-state index contributed by atoms with van der Waals surface area (Å²) in [5.41, 5.74) is 5.37. The van der Waals surface area contributed by atoms with Crippen molar-refractivity contribution in [2.24, 2.45) is 0 Å². The average molecular weight is 550 g/mol. The third-order valence-corrected chi connectivity index (χ3v) is 8.08. The van der Waals surface area contributed by atoms with Crippen molar-refractivity contribution in [3.05, 3.63) is 101 Å². The van der Waals surface area contributed by atoms with Crippen molar-refractivity contribution in [3.63, 3.8) is 0 Å². The first-order valence-corrected chi connectivity index (χ1v) is 15.0. The van der Waals surface area contributed by atoms with Crippen LogP contribution in [0.3, 0.4) is 0 Å². The van der Waals surface area contributed by atoms with Crippen LogP contribution in [-0.4, -0.2) is 51.0 Å². The summed E-state index contributed by atoms with van der Waals surface area (Å²) in [6, 6.07) is 22.4. The second kappa shape index (κ2) is 13.4. The van der Waals surface area contributed by atoms with Gasteiger partial charge in [-0.05, 0) is 61.1 Å². The van der Waals surface area contributed by atoms with E-state index < -0.39 is 16.1 Å². The molecule has 8 heteroatoms. The van der Waals surface area contributed by atoms with Gasteiger partial charge in [0.15, 0.2) is 0 Å². The number of amides is 2. The zero-order valence-electron chi connectivity index (χ0n) is 23.5. The van der Waals surface area contributed by atoms with E-state index in [4.69, 9.17) is 0 Å². The highest BCUT2D eigenvalue weighted by molar-refractivity contribution is 7.92. The van der Waals surface area contributed by atoms with Gasteiger partial charge >= 0.3 is 0 Å². The van der Waals surface area contributed by atoms with Crippen molar-refractivity contribution in [1.29, 1.82) is 0 Å². The van der Waals surface area contributed by atoms with Crippen molar-refractivity contribution in [3.8, 4) is 0 Å². The Morgan fingerprint density at radius 3 is 2.21 bits per heavy atom. The van der Waals surface area contributed by atoms with Crippen molar-refractivity contribution in [2.75, 3.05) is 24.2 Å². The molecule has 0 unspecified atom stereocenters. The third kappa shape index (κ3) is 8.17. The lowest BCUT2D eigenvalue weighted by atomic mass is 10.0. The SMILES string of the molecule is CNC(=O)[C@H](Cc1ccccc1)N(Cc1ccccc1C)C(=O)CCCN(c1cc(C)ccc1C)S(C)(=O)=O. The number of nitrogens with zero attached hydrogens (tertiary/aromatic N) is 2. The molecule has 0 fully saturated rings. The van der Waals surface area contributed by atoms with Crippen molar-refractivity contribution >= 4 is 27.5 Å². The molecule has 0 saturated heterocycles. The molecule has 0 aromatic heterocycles. The van der Waals surface area contributed by atoms with E-state index in [-0.39, 0.29) is 31.3 Å². The monoisotopic (exact) mass is 549 g/mol. The van der Waals surface area contributed by atoms with Gasteiger partial charge in [-0.25, -0.2) is 8.42 Å². The second-order valence-electron chi connectivity index (χ2n) is 10.00. The summed E-state index contributed by atoms with van der Waals surface area (Å²) in [6.45, 7) is 6.22. The molecule has 0 bridgehead atoms. The van der Waals surface area contributed by atoms with E-state index in [1.165, 1.54) is 10.6 Å². The van der Waals surface area contributed by atoms with Gasteiger partial charge in [-0.1, -0.05) is 66.7 Å². The Labute approximate surface area is 232 Å². The number of aryl methyl sites for hydroxylation is 3. The summed E-state index contributed by atoms with van der Waals surface area (Å²) in [5, 5.41) is 2.73. The number of benzene rings is 3. The van der Waals surface area contributed by atoms with E-state index in [0.717, 1.165) is 27.8 Å². The van der Waals surface area contributed by atoms with Gasteiger partial charge in [-0.2, -0.15) is 0 Å². The van der Waals surface area contributed by atoms with Crippen LogP contribution in [0.1, 0.15) is 40.7 Å². The van der Waals surface area contributed by atoms with Crippen LogP contribution in [0.25, 0.3) is 0 Å². The van der Waals surface area contributed by atoms with Crippen molar-refractivity contribution in [1.82, 2.24) is 10.2 Å². The topological polar surface area (TPSA) is 86.8 Å². The number of likely N-dealkylation sites (N-methyl/N-ethyl adjacent to an activating group) is 1. The minimum Gasteiger partial charge on any atom is -0.357 e. The van der Waals surface area contributed by atoms with Gasteiger partial charge in [0.25, 0.3) is 0 Å². The standard InChI is InChI=1S/C31H39N3O4S/c1-23-17-18-25(3)28(20-23)34(39(5,37)38)19-11-16-30(35)33(22-27-15-10-9-12-24(27)2)29(31(36)32-4)21-26-13-7-6-8-14-26/h6-10,12-15,17-18,20,29H,11,16,19,21-22H2,1-5H3,(H,32,36)/t29-/m0/s1. The normalized spacial score (nSPS) is 12.0. The molecule has 3 rings (SSSR count). The average Bonchev–Trinajstić information content (AvgIpc) is 2.90. The maximum absolute atomic E-state index is 13.8. The molecular formula is C31H39N3O4S. The first kappa shape index (κ1) is 29.9. The highest BCUT2D eigenvalue weighted by atomic mass is 32.2. The number of hydrogen-bond acceptors (Lipinski definition) is 4. The zero-order chi connectivity index (χ0) is 28.6. The molecule has 3 aromatic carbocycles. The van der Waals surface area contributed by atoms with Crippen LogP contribution in [0.2, 0.25) is 0 Å². The fraction of sp³-hybridized carbons (Fsp3) is 0.355. The molecule has 0 aliphatic carbocycles. The quantitative estimate of drug-likeness (QED) is 0.359. The number of carbonyl (C=O) groups is 2. The van der Waals surface area contributed by atoms with Gasteiger partial charge in [0.05, 0.1) is 11.9 Å². The number of sulfonamides is 1. The molecule has 1 atom stereocenters. The van der Waals surface area contributed by atoms with Crippen molar-refractivity contribution in [2.45, 2.75) is 52.6 Å². The maximum atomic E-state index is 13.8. The molecule has 0 radical (unpaired) electrons. The van der Waals surface area contributed by atoms with E-state index in [0.29, 0.717) is 18.5 Å². The van der Waals surface area contributed by atoms with Gasteiger partial charge in [0, 0.05) is 33.0 Å². The highest BCUT2D eigenvalue weighted by Crippen LogP contribution is 2.25. The molecule has 3 aromatic rings. The summed E-state index contributed by atoms with van der Waals surface area (Å²) in [5.74, 6) is -0.439. The number of nitrogens with one attached hydrogen (secondary N) is 1. The molecule has 0 spiro atoms. The van der Waals surface area contributed by atoms with Gasteiger partial charge in [0.1, 0.15) is 6.04 Å².